The van der Waals surface area contributed by atoms with E-state index in [9.17, 15) is 4.79 Å². The third-order valence-corrected chi connectivity index (χ3v) is 4.25. The molecule has 0 aliphatic carbocycles. The Morgan fingerprint density at radius 3 is 2.88 bits per heavy atom. The van der Waals surface area contributed by atoms with E-state index in [1.54, 1.807) is 4.90 Å². The van der Waals surface area contributed by atoms with Gasteiger partial charge in [-0.3, -0.25) is 10.00 Å². The normalized spacial score (nSPS) is 17.0. The summed E-state index contributed by atoms with van der Waals surface area (Å²) in [6, 6.07) is 10.6. The lowest BCUT2D eigenvalue weighted by atomic mass is 10.1. The lowest BCUT2D eigenvalue weighted by Gasteiger charge is -2.21. The second-order valence-corrected chi connectivity index (χ2v) is 6.40. The molecule has 2 heterocycles. The number of aromatic nitrogens is 2. The van der Waals surface area contributed by atoms with Crippen molar-refractivity contribution in [3.63, 3.8) is 0 Å². The molecule has 0 spiro atoms. The molecule has 1 aliphatic heterocycles. The molecule has 1 aromatic heterocycles. The van der Waals surface area contributed by atoms with E-state index in [0.717, 1.165) is 29.1 Å². The van der Waals surface area contributed by atoms with Crippen LogP contribution in [-0.2, 0) is 11.2 Å². The molecule has 3 rings (SSSR count). The smallest absolute Gasteiger partial charge is 0.414 e. The number of hydrogen-bond acceptors (Lipinski definition) is 4. The summed E-state index contributed by atoms with van der Waals surface area (Å²) in [7, 11) is 0. The number of aromatic amines is 1. The highest BCUT2D eigenvalue weighted by Gasteiger charge is 2.24. The Bertz CT molecular complexity index is 713. The first-order valence-corrected chi connectivity index (χ1v) is 8.34. The summed E-state index contributed by atoms with van der Waals surface area (Å²) in [5.41, 5.74) is 4.18. The maximum atomic E-state index is 11.7. The molecule has 2 atom stereocenters. The van der Waals surface area contributed by atoms with E-state index in [4.69, 9.17) is 4.74 Å². The maximum Gasteiger partial charge on any atom is 0.414 e. The first-order valence-electron chi connectivity index (χ1n) is 8.34. The number of benzene rings is 1. The molecule has 1 aliphatic rings. The van der Waals surface area contributed by atoms with Gasteiger partial charge in [-0.1, -0.05) is 12.1 Å². The van der Waals surface area contributed by atoms with E-state index in [0.29, 0.717) is 19.2 Å². The molecule has 1 fully saturated rings. The summed E-state index contributed by atoms with van der Waals surface area (Å²) in [6.45, 7) is 7.36. The maximum absolute atomic E-state index is 11.7. The Kier molecular flexibility index (Phi) is 4.85. The van der Waals surface area contributed by atoms with Crippen molar-refractivity contribution in [2.45, 2.75) is 39.3 Å². The zero-order valence-electron chi connectivity index (χ0n) is 14.4. The standard InChI is InChI=1S/C18H24N4O2/c1-12(9-16-10-13(2)20-21-16)19-14(3)15-5-4-6-17(11-15)22-7-8-24-18(22)23/h4-6,10-12,14,19H,7-9H2,1-3H3,(H,20,21). The van der Waals surface area contributed by atoms with E-state index < -0.39 is 0 Å². The number of cyclic esters (lactones) is 1. The molecule has 2 aromatic rings. The number of anilines is 1. The predicted octanol–water partition coefficient (Wildman–Crippen LogP) is 2.96. The average molecular weight is 328 g/mol. The van der Waals surface area contributed by atoms with Crippen molar-refractivity contribution in [2.75, 3.05) is 18.1 Å². The highest BCUT2D eigenvalue weighted by Crippen LogP contribution is 2.23. The van der Waals surface area contributed by atoms with Gasteiger partial charge in [-0.15, -0.1) is 0 Å². The van der Waals surface area contributed by atoms with Crippen molar-refractivity contribution < 1.29 is 9.53 Å². The Hall–Kier alpha value is -2.34. The van der Waals surface area contributed by atoms with Crippen LogP contribution in [0.1, 0.15) is 36.8 Å². The van der Waals surface area contributed by atoms with Crippen LogP contribution >= 0.6 is 0 Å². The van der Waals surface area contributed by atoms with Gasteiger partial charge < -0.3 is 10.1 Å². The number of ether oxygens (including phenoxy) is 1. The number of aryl methyl sites for hydroxylation is 1. The molecule has 2 N–H and O–H groups in total. The third kappa shape index (κ3) is 3.76. The fourth-order valence-corrected chi connectivity index (χ4v) is 3.06. The summed E-state index contributed by atoms with van der Waals surface area (Å²) in [4.78, 5) is 13.4. The molecule has 1 aromatic carbocycles. The molecule has 0 saturated carbocycles. The number of amides is 1. The monoisotopic (exact) mass is 328 g/mol. The molecule has 1 saturated heterocycles. The minimum atomic E-state index is -0.268. The molecule has 0 radical (unpaired) electrons. The van der Waals surface area contributed by atoms with E-state index in [1.165, 1.54) is 0 Å². The van der Waals surface area contributed by atoms with Crippen LogP contribution in [0.15, 0.2) is 30.3 Å². The van der Waals surface area contributed by atoms with Crippen molar-refractivity contribution in [1.29, 1.82) is 0 Å². The third-order valence-electron chi connectivity index (χ3n) is 4.25. The first kappa shape index (κ1) is 16.5. The Morgan fingerprint density at radius 1 is 1.38 bits per heavy atom. The lowest BCUT2D eigenvalue weighted by molar-refractivity contribution is 0.181. The van der Waals surface area contributed by atoms with Gasteiger partial charge in [-0.05, 0) is 44.5 Å². The summed E-state index contributed by atoms with van der Waals surface area (Å²) in [5, 5.41) is 10.9. The number of hydrogen-bond donors (Lipinski definition) is 2. The van der Waals surface area contributed by atoms with Gasteiger partial charge in [0.15, 0.2) is 0 Å². The zero-order valence-corrected chi connectivity index (χ0v) is 14.4. The summed E-state index contributed by atoms with van der Waals surface area (Å²) in [5.74, 6) is 0. The number of carbonyl (C=O) groups excluding carboxylic acids is 1. The predicted molar refractivity (Wildman–Crippen MR) is 93.2 cm³/mol. The van der Waals surface area contributed by atoms with Crippen LogP contribution in [-0.4, -0.2) is 35.5 Å². The summed E-state index contributed by atoms with van der Waals surface area (Å²) < 4.78 is 5.01. The van der Waals surface area contributed by atoms with Crippen molar-refractivity contribution >= 4 is 11.8 Å². The van der Waals surface area contributed by atoms with Gasteiger partial charge in [-0.25, -0.2) is 4.79 Å². The van der Waals surface area contributed by atoms with Gasteiger partial charge in [0.2, 0.25) is 0 Å². The fourth-order valence-electron chi connectivity index (χ4n) is 3.06. The molecule has 1 amide bonds. The number of carbonyl (C=O) groups is 1. The lowest BCUT2D eigenvalue weighted by Crippen LogP contribution is -2.31. The van der Waals surface area contributed by atoms with E-state index in [1.807, 2.05) is 19.1 Å². The number of rotatable bonds is 6. The minimum absolute atomic E-state index is 0.179. The minimum Gasteiger partial charge on any atom is -0.447 e. The second kappa shape index (κ2) is 7.05. The molecule has 2 unspecified atom stereocenters. The van der Waals surface area contributed by atoms with Crippen LogP contribution in [0.2, 0.25) is 0 Å². The van der Waals surface area contributed by atoms with Gasteiger partial charge in [-0.2, -0.15) is 5.10 Å². The van der Waals surface area contributed by atoms with E-state index in [-0.39, 0.29) is 12.1 Å². The van der Waals surface area contributed by atoms with Crippen LogP contribution in [0.25, 0.3) is 0 Å². The number of nitrogens with zero attached hydrogens (tertiary/aromatic N) is 2. The molecular weight excluding hydrogens is 304 g/mol. The number of nitrogens with one attached hydrogen (secondary N) is 2. The van der Waals surface area contributed by atoms with Crippen LogP contribution in [0, 0.1) is 6.92 Å². The highest BCUT2D eigenvalue weighted by molar-refractivity contribution is 5.89. The summed E-state index contributed by atoms with van der Waals surface area (Å²) >= 11 is 0. The first-order chi connectivity index (χ1) is 11.5. The quantitative estimate of drug-likeness (QED) is 0.855. The van der Waals surface area contributed by atoms with Crippen LogP contribution in [0.5, 0.6) is 0 Å². The van der Waals surface area contributed by atoms with Gasteiger partial charge in [0, 0.05) is 29.9 Å². The van der Waals surface area contributed by atoms with Crippen LogP contribution < -0.4 is 10.2 Å². The van der Waals surface area contributed by atoms with Crippen molar-refractivity contribution in [3.05, 3.63) is 47.3 Å². The van der Waals surface area contributed by atoms with Gasteiger partial charge in [0.1, 0.15) is 6.61 Å². The Morgan fingerprint density at radius 2 is 2.21 bits per heavy atom. The number of H-pyrrole nitrogens is 1. The van der Waals surface area contributed by atoms with Crippen LogP contribution in [0.3, 0.4) is 0 Å². The highest BCUT2D eigenvalue weighted by atomic mass is 16.6. The van der Waals surface area contributed by atoms with Crippen molar-refractivity contribution in [3.8, 4) is 0 Å². The molecule has 0 bridgehead atoms. The summed E-state index contributed by atoms with van der Waals surface area (Å²) in [6.07, 6.45) is 0.599. The topological polar surface area (TPSA) is 70.2 Å². The molecule has 128 valence electrons. The molecular formula is C18H24N4O2. The molecule has 24 heavy (non-hydrogen) atoms. The SMILES string of the molecule is Cc1cc(CC(C)NC(C)c2cccc(N3CCOC3=O)c2)n[nH]1. The van der Waals surface area contributed by atoms with Gasteiger partial charge >= 0.3 is 6.09 Å². The largest absolute Gasteiger partial charge is 0.447 e. The van der Waals surface area contributed by atoms with E-state index in [2.05, 4.69) is 47.6 Å². The molecule has 6 heteroatoms. The fraction of sp³-hybridized carbons (Fsp3) is 0.444. The zero-order chi connectivity index (χ0) is 17.1. The van der Waals surface area contributed by atoms with Gasteiger partial charge in [0.25, 0.3) is 0 Å². The van der Waals surface area contributed by atoms with Crippen molar-refractivity contribution in [2.24, 2.45) is 0 Å². The van der Waals surface area contributed by atoms with Crippen molar-refractivity contribution in [1.82, 2.24) is 15.5 Å². The average Bonchev–Trinajstić information content (AvgIpc) is 3.15. The van der Waals surface area contributed by atoms with Crippen LogP contribution in [0.4, 0.5) is 10.5 Å². The Labute approximate surface area is 142 Å². The van der Waals surface area contributed by atoms with E-state index >= 15 is 0 Å². The Balaban J connectivity index is 1.64. The molecule has 6 nitrogen and oxygen atoms in total. The van der Waals surface area contributed by atoms with Gasteiger partial charge in [0.05, 0.1) is 12.2 Å². The second-order valence-electron chi connectivity index (χ2n) is 6.40.